The van der Waals surface area contributed by atoms with Gasteiger partial charge in [-0.2, -0.15) is 14.8 Å². The minimum Gasteiger partial charge on any atom is -0.387 e. The van der Waals surface area contributed by atoms with Gasteiger partial charge >= 0.3 is 0 Å². The number of aliphatic hydroxyl groups excluding tert-OH is 2. The van der Waals surface area contributed by atoms with Gasteiger partial charge in [-0.15, -0.1) is 10.2 Å². The molecule has 3 aromatic rings. The van der Waals surface area contributed by atoms with Crippen LogP contribution in [0.5, 0.6) is 0 Å². The molecule has 3 aromatic heterocycles. The van der Waals surface area contributed by atoms with Gasteiger partial charge < -0.3 is 26.0 Å². The standard InChI is InChI=1S/C18H24N10O3/c1-27-25-15(24-26-27)13-11(29)12(30)17(31-13)28-6-20-10-14(19)22-18(23-16(10)28)21-9-5-7-2-3-8(9)4-7/h6-9,11-13,17,29-30H,2-5H2,1H3,(H3,19,21,22,23)/t7?,8?,9?,11-,12+,13-,17+/m0/s1. The first-order valence-electron chi connectivity index (χ1n) is 10.5. The molecule has 0 spiro atoms. The van der Waals surface area contributed by atoms with Crippen molar-refractivity contribution in [1.82, 2.24) is 39.7 Å². The fourth-order valence-electron chi connectivity index (χ4n) is 5.29. The number of nitrogens with zero attached hydrogens (tertiary/aromatic N) is 8. The van der Waals surface area contributed by atoms with Gasteiger partial charge in [-0.3, -0.25) is 4.57 Å². The number of aromatic nitrogens is 8. The van der Waals surface area contributed by atoms with Gasteiger partial charge in [-0.1, -0.05) is 6.42 Å². The summed E-state index contributed by atoms with van der Waals surface area (Å²) in [6.45, 7) is 0. The second kappa shape index (κ2) is 6.80. The first kappa shape index (κ1) is 18.8. The minimum absolute atomic E-state index is 0.189. The van der Waals surface area contributed by atoms with Crippen LogP contribution in [0.1, 0.15) is 43.8 Å². The highest BCUT2D eigenvalue weighted by atomic mass is 16.6. The molecule has 1 aliphatic heterocycles. The number of nitrogens with one attached hydrogen (secondary N) is 1. The number of aliphatic hydroxyl groups is 2. The van der Waals surface area contributed by atoms with Crippen LogP contribution in [0, 0.1) is 11.8 Å². The monoisotopic (exact) mass is 428 g/mol. The van der Waals surface area contributed by atoms with Crippen LogP contribution in [0.3, 0.4) is 0 Å². The Bertz CT molecular complexity index is 1130. The normalized spacial score (nSPS) is 34.7. The van der Waals surface area contributed by atoms with E-state index >= 15 is 0 Å². The van der Waals surface area contributed by atoms with E-state index in [9.17, 15) is 10.2 Å². The number of fused-ring (bicyclic) bond motifs is 3. The topological polar surface area (TPSA) is 175 Å². The van der Waals surface area contributed by atoms with E-state index < -0.39 is 24.5 Å². The molecule has 2 aliphatic carbocycles. The van der Waals surface area contributed by atoms with Crippen LogP contribution in [-0.4, -0.2) is 68.2 Å². The number of tetrazole rings is 1. The van der Waals surface area contributed by atoms with Gasteiger partial charge in [0.05, 0.1) is 13.4 Å². The van der Waals surface area contributed by atoms with E-state index in [0.29, 0.717) is 29.1 Å². The zero-order valence-corrected chi connectivity index (χ0v) is 16.9. The molecule has 4 heterocycles. The van der Waals surface area contributed by atoms with Crippen molar-refractivity contribution in [2.45, 2.75) is 56.3 Å². The molecular weight excluding hydrogens is 404 g/mol. The Labute approximate surface area is 176 Å². The van der Waals surface area contributed by atoms with Crippen molar-refractivity contribution in [1.29, 1.82) is 0 Å². The zero-order valence-electron chi connectivity index (χ0n) is 16.9. The summed E-state index contributed by atoms with van der Waals surface area (Å²) in [5.74, 6) is 2.29. The van der Waals surface area contributed by atoms with E-state index in [0.717, 1.165) is 12.3 Å². The summed E-state index contributed by atoms with van der Waals surface area (Å²) >= 11 is 0. The maximum Gasteiger partial charge on any atom is 0.227 e. The van der Waals surface area contributed by atoms with E-state index in [1.807, 2.05) is 0 Å². The Morgan fingerprint density at radius 3 is 2.77 bits per heavy atom. The van der Waals surface area contributed by atoms with Crippen LogP contribution in [0.4, 0.5) is 11.8 Å². The van der Waals surface area contributed by atoms with Crippen molar-refractivity contribution in [3.05, 3.63) is 12.2 Å². The van der Waals surface area contributed by atoms with Gasteiger partial charge in [-0.25, -0.2) is 4.98 Å². The van der Waals surface area contributed by atoms with E-state index in [-0.39, 0.29) is 11.6 Å². The number of rotatable bonds is 4. The van der Waals surface area contributed by atoms with Gasteiger partial charge in [-0.05, 0) is 36.3 Å². The summed E-state index contributed by atoms with van der Waals surface area (Å²) in [7, 11) is 1.61. The Morgan fingerprint density at radius 1 is 1.19 bits per heavy atom. The second-order valence-electron chi connectivity index (χ2n) is 8.75. The molecule has 6 rings (SSSR count). The molecule has 164 valence electrons. The van der Waals surface area contributed by atoms with Gasteiger partial charge in [0, 0.05) is 6.04 Å². The molecule has 13 nitrogen and oxygen atoms in total. The molecule has 2 saturated carbocycles. The Hall–Kier alpha value is -2.90. The van der Waals surface area contributed by atoms with Gasteiger partial charge in [0.1, 0.15) is 17.7 Å². The quantitative estimate of drug-likeness (QED) is 0.422. The van der Waals surface area contributed by atoms with Crippen molar-refractivity contribution < 1.29 is 14.9 Å². The lowest BCUT2D eigenvalue weighted by Crippen LogP contribution is -2.29. The molecule has 0 aromatic carbocycles. The number of ether oxygens (including phenoxy) is 1. The average Bonchev–Trinajstić information content (AvgIpc) is 3.54. The maximum atomic E-state index is 10.7. The molecule has 0 amide bonds. The maximum absolute atomic E-state index is 10.7. The van der Waals surface area contributed by atoms with Crippen LogP contribution < -0.4 is 11.1 Å². The first-order chi connectivity index (χ1) is 15.0. The van der Waals surface area contributed by atoms with Gasteiger partial charge in [0.2, 0.25) is 11.8 Å². The predicted octanol–water partition coefficient (Wildman–Crippen LogP) is -0.476. The average molecular weight is 428 g/mol. The number of hydrogen-bond acceptors (Lipinski definition) is 11. The lowest BCUT2D eigenvalue weighted by atomic mass is 9.95. The lowest BCUT2D eigenvalue weighted by Gasteiger charge is -2.23. The number of nitrogens with two attached hydrogens (primary N) is 1. The van der Waals surface area contributed by atoms with Crippen molar-refractivity contribution in [2.75, 3.05) is 11.1 Å². The summed E-state index contributed by atoms with van der Waals surface area (Å²) in [6, 6.07) is 0.342. The summed E-state index contributed by atoms with van der Waals surface area (Å²) in [4.78, 5) is 14.6. The third-order valence-electron chi connectivity index (χ3n) is 6.79. The number of imidazole rings is 1. The Morgan fingerprint density at radius 2 is 2.06 bits per heavy atom. The zero-order chi connectivity index (χ0) is 21.3. The van der Waals surface area contributed by atoms with E-state index in [1.54, 1.807) is 11.6 Å². The van der Waals surface area contributed by atoms with Crippen molar-refractivity contribution in [2.24, 2.45) is 18.9 Å². The highest BCUT2D eigenvalue weighted by molar-refractivity contribution is 5.83. The predicted molar refractivity (Wildman–Crippen MR) is 106 cm³/mol. The molecular formula is C18H24N10O3. The van der Waals surface area contributed by atoms with E-state index in [2.05, 4.69) is 35.7 Å². The van der Waals surface area contributed by atoms with Gasteiger partial charge in [0.15, 0.2) is 23.8 Å². The smallest absolute Gasteiger partial charge is 0.227 e. The summed E-state index contributed by atoms with van der Waals surface area (Å²) in [5, 5.41) is 36.4. The molecule has 7 atom stereocenters. The molecule has 13 heteroatoms. The van der Waals surface area contributed by atoms with Crippen molar-refractivity contribution in [3.63, 3.8) is 0 Å². The van der Waals surface area contributed by atoms with Crippen LogP contribution in [0.15, 0.2) is 6.33 Å². The highest BCUT2D eigenvalue weighted by Gasteiger charge is 2.47. The van der Waals surface area contributed by atoms with Crippen LogP contribution in [0.25, 0.3) is 11.2 Å². The third-order valence-corrected chi connectivity index (χ3v) is 6.79. The first-order valence-corrected chi connectivity index (χ1v) is 10.5. The number of aryl methyl sites for hydroxylation is 1. The highest BCUT2D eigenvalue weighted by Crippen LogP contribution is 2.45. The Balaban J connectivity index is 1.32. The summed E-state index contributed by atoms with van der Waals surface area (Å²) in [6.07, 6.45) is 2.02. The van der Waals surface area contributed by atoms with Crippen molar-refractivity contribution in [3.8, 4) is 0 Å². The molecule has 5 N–H and O–H groups in total. The largest absolute Gasteiger partial charge is 0.387 e. The SMILES string of the molecule is Cn1nnc([C@H]2O[C@@H](n3cnc4c(N)nc(NC5CC6CCC5C6)nc43)[C@H](O)[C@@H]2O)n1. The second-order valence-corrected chi connectivity index (χ2v) is 8.75. The number of nitrogen functional groups attached to an aromatic ring is 1. The number of hydrogen-bond donors (Lipinski definition) is 4. The summed E-state index contributed by atoms with van der Waals surface area (Å²) in [5.41, 5.74) is 6.98. The van der Waals surface area contributed by atoms with E-state index in [4.69, 9.17) is 10.5 Å². The van der Waals surface area contributed by atoms with Gasteiger partial charge in [0.25, 0.3) is 0 Å². The van der Waals surface area contributed by atoms with Crippen LogP contribution in [-0.2, 0) is 11.8 Å². The molecule has 3 aliphatic rings. The van der Waals surface area contributed by atoms with Crippen molar-refractivity contribution >= 4 is 22.9 Å². The third kappa shape index (κ3) is 2.95. The Kier molecular flexibility index (Phi) is 4.13. The molecule has 3 fully saturated rings. The molecule has 0 radical (unpaired) electrons. The molecule has 2 bridgehead atoms. The van der Waals surface area contributed by atoms with Crippen LogP contribution >= 0.6 is 0 Å². The molecule has 1 saturated heterocycles. The molecule has 3 unspecified atom stereocenters. The van der Waals surface area contributed by atoms with Crippen LogP contribution in [0.2, 0.25) is 0 Å². The molecule has 31 heavy (non-hydrogen) atoms. The fourth-order valence-corrected chi connectivity index (χ4v) is 5.29. The minimum atomic E-state index is -1.25. The fraction of sp³-hybridized carbons (Fsp3) is 0.667. The lowest BCUT2D eigenvalue weighted by molar-refractivity contribution is -0.0384. The van der Waals surface area contributed by atoms with E-state index in [1.165, 1.54) is 30.4 Å². The number of anilines is 2. The summed E-state index contributed by atoms with van der Waals surface area (Å²) < 4.78 is 7.47.